The van der Waals surface area contributed by atoms with Crippen molar-refractivity contribution in [2.45, 2.75) is 40.0 Å². The molecule has 0 N–H and O–H groups in total. The van der Waals surface area contributed by atoms with E-state index < -0.39 is 0 Å². The minimum atomic E-state index is 0.221. The zero-order valence-electron chi connectivity index (χ0n) is 8.65. The van der Waals surface area contributed by atoms with Crippen LogP contribution >= 0.6 is 0 Å². The second-order valence-electron chi connectivity index (χ2n) is 4.46. The predicted molar refractivity (Wildman–Crippen MR) is 53.5 cm³/mol. The van der Waals surface area contributed by atoms with Crippen molar-refractivity contribution >= 4 is 0 Å². The Hall–Kier alpha value is -0.780. The molecule has 0 aliphatic heterocycles. The van der Waals surface area contributed by atoms with Crippen molar-refractivity contribution in [3.8, 4) is 0 Å². The van der Waals surface area contributed by atoms with Crippen molar-refractivity contribution in [2.75, 3.05) is 0 Å². The number of hydrogen-bond donors (Lipinski definition) is 0. The SMILES string of the molecule is Cc1c[c]c(C(C)(C)C)cc1C. The maximum atomic E-state index is 3.32. The highest BCUT2D eigenvalue weighted by Crippen LogP contribution is 2.23. The average molecular weight is 161 g/mol. The lowest BCUT2D eigenvalue weighted by atomic mass is 9.85. The van der Waals surface area contributed by atoms with E-state index in [1.807, 2.05) is 0 Å². The van der Waals surface area contributed by atoms with Crippen molar-refractivity contribution in [3.63, 3.8) is 0 Å². The van der Waals surface area contributed by atoms with E-state index in [2.05, 4.69) is 52.8 Å². The fourth-order valence-electron chi connectivity index (χ4n) is 1.10. The molecule has 0 spiro atoms. The summed E-state index contributed by atoms with van der Waals surface area (Å²) >= 11 is 0. The lowest BCUT2D eigenvalue weighted by molar-refractivity contribution is 0.588. The lowest BCUT2D eigenvalue weighted by Crippen LogP contribution is -2.11. The van der Waals surface area contributed by atoms with Crippen LogP contribution in [-0.2, 0) is 5.41 Å². The van der Waals surface area contributed by atoms with E-state index in [9.17, 15) is 0 Å². The lowest BCUT2D eigenvalue weighted by Gasteiger charge is -2.19. The van der Waals surface area contributed by atoms with Gasteiger partial charge >= 0.3 is 0 Å². The Balaban J connectivity index is 3.14. The van der Waals surface area contributed by atoms with Crippen LogP contribution in [0.2, 0.25) is 0 Å². The summed E-state index contributed by atoms with van der Waals surface area (Å²) in [5, 5.41) is 0. The summed E-state index contributed by atoms with van der Waals surface area (Å²) in [6.07, 6.45) is 0. The average Bonchev–Trinajstić information content (AvgIpc) is 1.92. The topological polar surface area (TPSA) is 0 Å². The molecule has 0 unspecified atom stereocenters. The van der Waals surface area contributed by atoms with Crippen LogP contribution in [-0.4, -0.2) is 0 Å². The van der Waals surface area contributed by atoms with Crippen molar-refractivity contribution < 1.29 is 0 Å². The minimum Gasteiger partial charge on any atom is -0.0561 e. The maximum absolute atomic E-state index is 3.32. The molecule has 0 heterocycles. The van der Waals surface area contributed by atoms with Gasteiger partial charge in [-0.1, -0.05) is 32.9 Å². The van der Waals surface area contributed by atoms with E-state index in [4.69, 9.17) is 0 Å². The van der Waals surface area contributed by atoms with Gasteiger partial charge in [-0.05, 0) is 42.0 Å². The Morgan fingerprint density at radius 1 is 1.08 bits per heavy atom. The van der Waals surface area contributed by atoms with Gasteiger partial charge < -0.3 is 0 Å². The first-order valence-corrected chi connectivity index (χ1v) is 4.40. The quantitative estimate of drug-likeness (QED) is 0.547. The molecule has 1 aromatic carbocycles. The van der Waals surface area contributed by atoms with Gasteiger partial charge in [0.25, 0.3) is 0 Å². The third-order valence-corrected chi connectivity index (χ3v) is 2.24. The summed E-state index contributed by atoms with van der Waals surface area (Å²) in [5.41, 5.74) is 4.20. The summed E-state index contributed by atoms with van der Waals surface area (Å²) in [5.74, 6) is 0. The van der Waals surface area contributed by atoms with Crippen molar-refractivity contribution in [2.24, 2.45) is 0 Å². The second kappa shape index (κ2) is 2.93. The molecule has 65 valence electrons. The van der Waals surface area contributed by atoms with E-state index in [0.29, 0.717) is 0 Å². The van der Waals surface area contributed by atoms with Gasteiger partial charge in [0.05, 0.1) is 0 Å². The fraction of sp³-hybridized carbons (Fsp3) is 0.500. The summed E-state index contributed by atoms with van der Waals surface area (Å²) in [4.78, 5) is 0. The molecule has 0 atom stereocenters. The van der Waals surface area contributed by atoms with Gasteiger partial charge in [-0.25, -0.2) is 0 Å². The molecular weight excluding hydrogens is 144 g/mol. The Morgan fingerprint density at radius 2 is 1.67 bits per heavy atom. The van der Waals surface area contributed by atoms with Gasteiger partial charge in [-0.2, -0.15) is 0 Å². The normalized spacial score (nSPS) is 11.8. The first kappa shape index (κ1) is 9.31. The summed E-state index contributed by atoms with van der Waals surface area (Å²) in [6.45, 7) is 10.9. The van der Waals surface area contributed by atoms with E-state index in [0.717, 1.165) is 0 Å². The summed E-state index contributed by atoms with van der Waals surface area (Å²) in [6, 6.07) is 7.63. The van der Waals surface area contributed by atoms with Gasteiger partial charge in [0, 0.05) is 0 Å². The Bertz CT molecular complexity index is 277. The molecule has 0 saturated heterocycles. The smallest absolute Gasteiger partial charge is 0.0126 e. The highest BCUT2D eigenvalue weighted by molar-refractivity contribution is 5.32. The molecule has 0 bridgehead atoms. The van der Waals surface area contributed by atoms with Crippen molar-refractivity contribution in [1.29, 1.82) is 0 Å². The summed E-state index contributed by atoms with van der Waals surface area (Å²) in [7, 11) is 0. The first-order valence-electron chi connectivity index (χ1n) is 4.40. The largest absolute Gasteiger partial charge is 0.0561 e. The number of rotatable bonds is 0. The molecule has 0 aromatic heterocycles. The van der Waals surface area contributed by atoms with Gasteiger partial charge in [-0.3, -0.25) is 0 Å². The molecule has 0 fully saturated rings. The Labute approximate surface area is 75.6 Å². The van der Waals surface area contributed by atoms with Gasteiger partial charge in [0.1, 0.15) is 0 Å². The van der Waals surface area contributed by atoms with Crippen LogP contribution in [0.25, 0.3) is 0 Å². The Kier molecular flexibility index (Phi) is 2.27. The predicted octanol–water partition coefficient (Wildman–Crippen LogP) is 3.40. The molecule has 0 aliphatic carbocycles. The monoisotopic (exact) mass is 161 g/mol. The minimum absolute atomic E-state index is 0.221. The van der Waals surface area contributed by atoms with Crippen LogP contribution in [0.4, 0.5) is 0 Å². The van der Waals surface area contributed by atoms with Crippen LogP contribution in [0.15, 0.2) is 12.1 Å². The zero-order chi connectivity index (χ0) is 9.35. The molecule has 0 heteroatoms. The third-order valence-electron chi connectivity index (χ3n) is 2.24. The van der Waals surface area contributed by atoms with Crippen LogP contribution < -0.4 is 0 Å². The fourth-order valence-corrected chi connectivity index (χ4v) is 1.10. The number of benzene rings is 1. The van der Waals surface area contributed by atoms with Crippen molar-refractivity contribution in [3.05, 3.63) is 34.9 Å². The Morgan fingerprint density at radius 3 is 2.08 bits per heavy atom. The van der Waals surface area contributed by atoms with Crippen LogP contribution in [0.3, 0.4) is 0 Å². The van der Waals surface area contributed by atoms with Gasteiger partial charge in [0.15, 0.2) is 0 Å². The molecule has 12 heavy (non-hydrogen) atoms. The molecule has 1 rings (SSSR count). The van der Waals surface area contributed by atoms with E-state index in [1.54, 1.807) is 0 Å². The molecule has 0 amide bonds. The first-order chi connectivity index (χ1) is 5.41. The molecular formula is C12H17. The number of hydrogen-bond acceptors (Lipinski definition) is 0. The zero-order valence-corrected chi connectivity index (χ0v) is 8.65. The van der Waals surface area contributed by atoms with E-state index >= 15 is 0 Å². The van der Waals surface area contributed by atoms with Crippen LogP contribution in [0, 0.1) is 19.9 Å². The van der Waals surface area contributed by atoms with Gasteiger partial charge in [0.2, 0.25) is 0 Å². The molecule has 1 radical (unpaired) electrons. The maximum Gasteiger partial charge on any atom is -0.0126 e. The van der Waals surface area contributed by atoms with E-state index in [-0.39, 0.29) is 5.41 Å². The van der Waals surface area contributed by atoms with E-state index in [1.165, 1.54) is 16.7 Å². The highest BCUT2D eigenvalue weighted by Gasteiger charge is 2.13. The molecule has 0 aliphatic rings. The molecule has 1 aromatic rings. The third kappa shape index (κ3) is 1.88. The highest BCUT2D eigenvalue weighted by atomic mass is 14.2. The molecule has 0 nitrogen and oxygen atoms in total. The van der Waals surface area contributed by atoms with Gasteiger partial charge in [-0.15, -0.1) is 0 Å². The van der Waals surface area contributed by atoms with Crippen LogP contribution in [0.1, 0.15) is 37.5 Å². The molecule has 0 saturated carbocycles. The number of aryl methyl sites for hydroxylation is 2. The van der Waals surface area contributed by atoms with Crippen molar-refractivity contribution in [1.82, 2.24) is 0 Å². The summed E-state index contributed by atoms with van der Waals surface area (Å²) < 4.78 is 0. The second-order valence-corrected chi connectivity index (χ2v) is 4.46. The van der Waals surface area contributed by atoms with Crippen LogP contribution in [0.5, 0.6) is 0 Å². The standard InChI is InChI=1S/C12H17/c1-9-6-7-11(8-10(9)2)12(3,4)5/h6,8H,1-5H3.